The van der Waals surface area contributed by atoms with Gasteiger partial charge >= 0.3 is 0 Å². The first-order valence-electron chi connectivity index (χ1n) is 7.31. The van der Waals surface area contributed by atoms with Gasteiger partial charge < -0.3 is 15.6 Å². The van der Waals surface area contributed by atoms with Crippen LogP contribution in [0.5, 0.6) is 0 Å². The van der Waals surface area contributed by atoms with Gasteiger partial charge in [-0.1, -0.05) is 42.1 Å². The predicted octanol–water partition coefficient (Wildman–Crippen LogP) is 0.467. The molecule has 0 spiro atoms. The van der Waals surface area contributed by atoms with Gasteiger partial charge in [-0.05, 0) is 5.56 Å². The van der Waals surface area contributed by atoms with Crippen LogP contribution in [0.4, 0.5) is 0 Å². The Morgan fingerprint density at radius 1 is 1.21 bits per heavy atom. The predicted molar refractivity (Wildman–Crippen MR) is 91.6 cm³/mol. The van der Waals surface area contributed by atoms with Gasteiger partial charge in [0, 0.05) is 19.7 Å². The zero-order valence-electron chi connectivity index (χ0n) is 13.2. The number of aromatic nitrogens is 2. The lowest BCUT2D eigenvalue weighted by atomic mass is 10.2. The average Bonchev–Trinajstić information content (AvgIpc) is 2.58. The van der Waals surface area contributed by atoms with E-state index in [-0.39, 0.29) is 29.5 Å². The van der Waals surface area contributed by atoms with Crippen molar-refractivity contribution in [3.05, 3.63) is 58.0 Å². The van der Waals surface area contributed by atoms with Crippen molar-refractivity contribution in [2.75, 3.05) is 12.8 Å². The quantitative estimate of drug-likeness (QED) is 0.499. The van der Waals surface area contributed by atoms with Crippen LogP contribution < -0.4 is 16.2 Å². The van der Waals surface area contributed by atoms with Crippen molar-refractivity contribution in [2.45, 2.75) is 18.1 Å². The van der Waals surface area contributed by atoms with Crippen molar-refractivity contribution < 1.29 is 9.59 Å². The summed E-state index contributed by atoms with van der Waals surface area (Å²) in [6.07, 6.45) is 0.00425. The van der Waals surface area contributed by atoms with Gasteiger partial charge in [-0.2, -0.15) is 0 Å². The summed E-state index contributed by atoms with van der Waals surface area (Å²) >= 11 is 1.11. The normalized spacial score (nSPS) is 10.2. The number of nitrogens with zero attached hydrogens (tertiary/aromatic N) is 1. The minimum absolute atomic E-state index is 0.00425. The highest BCUT2D eigenvalue weighted by atomic mass is 32.2. The van der Waals surface area contributed by atoms with Crippen LogP contribution in [0.3, 0.4) is 0 Å². The van der Waals surface area contributed by atoms with E-state index in [1.807, 2.05) is 30.3 Å². The molecule has 2 amide bonds. The summed E-state index contributed by atoms with van der Waals surface area (Å²) in [5.74, 6) is -0.254. The first kappa shape index (κ1) is 17.7. The molecule has 8 heteroatoms. The van der Waals surface area contributed by atoms with E-state index in [1.165, 1.54) is 13.1 Å². The molecular formula is C16H18N4O3S. The van der Waals surface area contributed by atoms with E-state index >= 15 is 0 Å². The molecule has 3 N–H and O–H groups in total. The summed E-state index contributed by atoms with van der Waals surface area (Å²) in [5.41, 5.74) is 1.01. The number of thioether (sulfide) groups is 1. The molecule has 0 fully saturated rings. The molecule has 24 heavy (non-hydrogen) atoms. The Morgan fingerprint density at radius 2 is 1.96 bits per heavy atom. The number of carbonyl (C=O) groups is 2. The first-order valence-corrected chi connectivity index (χ1v) is 8.29. The molecule has 0 aliphatic carbocycles. The fourth-order valence-corrected chi connectivity index (χ4v) is 2.64. The van der Waals surface area contributed by atoms with Crippen LogP contribution in [0.2, 0.25) is 0 Å². The van der Waals surface area contributed by atoms with E-state index < -0.39 is 0 Å². The van der Waals surface area contributed by atoms with Crippen LogP contribution >= 0.6 is 11.8 Å². The number of hydrogen-bond donors (Lipinski definition) is 3. The van der Waals surface area contributed by atoms with Crippen LogP contribution in [-0.2, 0) is 22.6 Å². The summed E-state index contributed by atoms with van der Waals surface area (Å²) in [4.78, 5) is 41.6. The smallest absolute Gasteiger partial charge is 0.251 e. The first-order chi connectivity index (χ1) is 11.6. The van der Waals surface area contributed by atoms with Gasteiger partial charge in [0.1, 0.15) is 0 Å². The van der Waals surface area contributed by atoms with Crippen molar-refractivity contribution in [3.8, 4) is 0 Å². The van der Waals surface area contributed by atoms with Crippen LogP contribution in [0.15, 0.2) is 46.3 Å². The molecule has 0 bridgehead atoms. The number of amides is 2. The molecule has 0 aliphatic rings. The molecule has 7 nitrogen and oxygen atoms in total. The van der Waals surface area contributed by atoms with Gasteiger partial charge in [0.2, 0.25) is 11.8 Å². The molecule has 0 atom stereocenters. The molecule has 0 saturated heterocycles. The average molecular weight is 346 g/mol. The maximum Gasteiger partial charge on any atom is 0.251 e. The third kappa shape index (κ3) is 5.88. The second-order valence-electron chi connectivity index (χ2n) is 4.94. The van der Waals surface area contributed by atoms with Crippen molar-refractivity contribution in [1.82, 2.24) is 20.6 Å². The van der Waals surface area contributed by atoms with Crippen molar-refractivity contribution in [3.63, 3.8) is 0 Å². The molecule has 1 aromatic carbocycles. The third-order valence-corrected chi connectivity index (χ3v) is 3.94. The summed E-state index contributed by atoms with van der Waals surface area (Å²) in [6.45, 7) is 0.418. The monoisotopic (exact) mass is 346 g/mol. The second-order valence-corrected chi connectivity index (χ2v) is 5.91. The Bertz CT molecular complexity index is 761. The lowest BCUT2D eigenvalue weighted by molar-refractivity contribution is -0.120. The van der Waals surface area contributed by atoms with Crippen molar-refractivity contribution in [1.29, 1.82) is 0 Å². The number of aromatic amines is 1. The Morgan fingerprint density at radius 3 is 2.67 bits per heavy atom. The molecule has 1 heterocycles. The summed E-state index contributed by atoms with van der Waals surface area (Å²) in [5, 5.41) is 5.59. The second kappa shape index (κ2) is 8.88. The zero-order valence-corrected chi connectivity index (χ0v) is 14.0. The number of benzene rings is 1. The van der Waals surface area contributed by atoms with Crippen LogP contribution in [0.25, 0.3) is 0 Å². The van der Waals surface area contributed by atoms with Gasteiger partial charge in [-0.3, -0.25) is 14.4 Å². The molecule has 1 aromatic heterocycles. The minimum atomic E-state index is -0.352. The number of nitrogens with one attached hydrogen (secondary N) is 3. The molecule has 0 unspecified atom stereocenters. The number of H-pyrrole nitrogens is 1. The number of hydrogen-bond acceptors (Lipinski definition) is 5. The van der Waals surface area contributed by atoms with Crippen molar-refractivity contribution >= 4 is 23.6 Å². The van der Waals surface area contributed by atoms with E-state index in [9.17, 15) is 14.4 Å². The summed E-state index contributed by atoms with van der Waals surface area (Å²) < 4.78 is 0. The van der Waals surface area contributed by atoms with Gasteiger partial charge in [0.25, 0.3) is 5.56 Å². The molecule has 126 valence electrons. The van der Waals surface area contributed by atoms with E-state index in [1.54, 1.807) is 0 Å². The lowest BCUT2D eigenvalue weighted by Gasteiger charge is -2.06. The lowest BCUT2D eigenvalue weighted by Crippen LogP contribution is -2.26. The minimum Gasteiger partial charge on any atom is -0.358 e. The molecular weight excluding hydrogens is 328 g/mol. The highest BCUT2D eigenvalue weighted by Gasteiger charge is 2.09. The van der Waals surface area contributed by atoms with E-state index in [4.69, 9.17) is 0 Å². The van der Waals surface area contributed by atoms with Crippen LogP contribution in [0.1, 0.15) is 11.3 Å². The van der Waals surface area contributed by atoms with Crippen molar-refractivity contribution in [2.24, 2.45) is 0 Å². The number of rotatable bonds is 7. The fourth-order valence-electron chi connectivity index (χ4n) is 1.87. The van der Waals surface area contributed by atoms with Gasteiger partial charge in [0.05, 0.1) is 17.9 Å². The molecule has 0 aliphatic heterocycles. The highest BCUT2D eigenvalue weighted by Crippen LogP contribution is 2.10. The summed E-state index contributed by atoms with van der Waals surface area (Å²) in [6, 6.07) is 10.8. The maximum atomic E-state index is 12.0. The van der Waals surface area contributed by atoms with E-state index in [0.717, 1.165) is 17.3 Å². The van der Waals surface area contributed by atoms with E-state index in [0.29, 0.717) is 17.4 Å². The van der Waals surface area contributed by atoms with Crippen LogP contribution in [0, 0.1) is 0 Å². The Hall–Kier alpha value is -2.61. The van der Waals surface area contributed by atoms with Crippen LogP contribution in [-0.4, -0.2) is 34.6 Å². The molecule has 2 aromatic rings. The Labute approximate surface area is 143 Å². The Kier molecular flexibility index (Phi) is 6.56. The number of carbonyl (C=O) groups excluding carboxylic acids is 2. The third-order valence-electron chi connectivity index (χ3n) is 3.07. The SMILES string of the molecule is CNC(=O)CSc1nc(CC(=O)NCc2ccccc2)cc(=O)[nH]1. The fraction of sp³-hybridized carbons (Fsp3) is 0.250. The van der Waals surface area contributed by atoms with E-state index in [2.05, 4.69) is 20.6 Å². The van der Waals surface area contributed by atoms with Gasteiger partial charge in [-0.25, -0.2) is 4.98 Å². The maximum absolute atomic E-state index is 12.0. The summed E-state index contributed by atoms with van der Waals surface area (Å²) in [7, 11) is 1.53. The standard InChI is InChI=1S/C16H18N4O3S/c1-17-15(23)10-24-16-19-12(8-14(22)20-16)7-13(21)18-9-11-5-3-2-4-6-11/h2-6,8H,7,9-10H2,1H3,(H,17,23)(H,18,21)(H,19,20,22). The molecule has 0 radical (unpaired) electrons. The molecule has 2 rings (SSSR count). The van der Waals surface area contributed by atoms with Gasteiger partial charge in [-0.15, -0.1) is 0 Å². The Balaban J connectivity index is 1.93. The zero-order chi connectivity index (χ0) is 17.4. The highest BCUT2D eigenvalue weighted by molar-refractivity contribution is 7.99. The molecule has 0 saturated carbocycles. The largest absolute Gasteiger partial charge is 0.358 e. The van der Waals surface area contributed by atoms with Gasteiger partial charge in [0.15, 0.2) is 5.16 Å². The topological polar surface area (TPSA) is 104 Å².